The summed E-state index contributed by atoms with van der Waals surface area (Å²) < 4.78 is 10.7. The molecule has 6 nitrogen and oxygen atoms in total. The Bertz CT molecular complexity index is 577. The van der Waals surface area contributed by atoms with Crippen molar-refractivity contribution >= 4 is 5.96 Å². The highest BCUT2D eigenvalue weighted by Crippen LogP contribution is 2.17. The molecule has 1 N–H and O–H groups in total. The van der Waals surface area contributed by atoms with Gasteiger partial charge >= 0.3 is 0 Å². The predicted molar refractivity (Wildman–Crippen MR) is 111 cm³/mol. The van der Waals surface area contributed by atoms with Crippen molar-refractivity contribution in [2.75, 3.05) is 60.7 Å². The molecular weight excluding hydrogens is 340 g/mol. The van der Waals surface area contributed by atoms with E-state index in [1.807, 2.05) is 0 Å². The van der Waals surface area contributed by atoms with Gasteiger partial charge in [0.25, 0.3) is 0 Å². The van der Waals surface area contributed by atoms with Gasteiger partial charge < -0.3 is 24.6 Å². The van der Waals surface area contributed by atoms with Crippen LogP contribution in [0.25, 0.3) is 0 Å². The minimum atomic E-state index is 0.564. The van der Waals surface area contributed by atoms with Gasteiger partial charge in [0.1, 0.15) is 0 Å². The van der Waals surface area contributed by atoms with E-state index in [1.165, 1.54) is 11.1 Å². The number of aliphatic imine (C=N–C) groups is 1. The zero-order valence-corrected chi connectivity index (χ0v) is 17.4. The number of rotatable bonds is 10. The van der Waals surface area contributed by atoms with Crippen molar-refractivity contribution in [1.29, 1.82) is 0 Å². The lowest BCUT2D eigenvalue weighted by atomic mass is 10.1. The summed E-state index contributed by atoms with van der Waals surface area (Å²) in [6.07, 6.45) is 1.15. The number of nitrogens with zero attached hydrogens (tertiary/aromatic N) is 3. The van der Waals surface area contributed by atoms with Crippen LogP contribution in [0.1, 0.15) is 24.5 Å². The Morgan fingerprint density at radius 1 is 1.30 bits per heavy atom. The second-order valence-electron chi connectivity index (χ2n) is 7.40. The Balaban J connectivity index is 1.90. The normalized spacial score (nSPS) is 17.7. The molecule has 1 unspecified atom stereocenters. The highest BCUT2D eigenvalue weighted by Gasteiger charge is 2.24. The summed E-state index contributed by atoms with van der Waals surface area (Å²) in [4.78, 5) is 9.43. The van der Waals surface area contributed by atoms with Crippen molar-refractivity contribution in [3.8, 4) is 0 Å². The molecule has 152 valence electrons. The fourth-order valence-electron chi connectivity index (χ4n) is 3.34. The van der Waals surface area contributed by atoms with Crippen molar-refractivity contribution in [3.05, 3.63) is 35.4 Å². The van der Waals surface area contributed by atoms with E-state index in [2.05, 4.69) is 60.4 Å². The Kier molecular flexibility index (Phi) is 9.59. The molecule has 6 heteroatoms. The molecule has 1 atom stereocenters. The van der Waals surface area contributed by atoms with E-state index >= 15 is 0 Å². The molecule has 1 fully saturated rings. The van der Waals surface area contributed by atoms with Gasteiger partial charge in [-0.15, -0.1) is 0 Å². The fourth-order valence-corrected chi connectivity index (χ4v) is 3.34. The van der Waals surface area contributed by atoms with Crippen molar-refractivity contribution in [2.24, 2.45) is 10.9 Å². The van der Waals surface area contributed by atoms with Crippen molar-refractivity contribution in [3.63, 3.8) is 0 Å². The minimum Gasteiger partial charge on any atom is -0.382 e. The van der Waals surface area contributed by atoms with Gasteiger partial charge in [0.2, 0.25) is 0 Å². The highest BCUT2D eigenvalue weighted by atomic mass is 16.5. The van der Waals surface area contributed by atoms with E-state index < -0.39 is 0 Å². The first-order valence-corrected chi connectivity index (χ1v) is 9.94. The number of guanidine groups is 1. The number of hydrogen-bond acceptors (Lipinski definition) is 4. The van der Waals surface area contributed by atoms with Crippen LogP contribution in [0.3, 0.4) is 0 Å². The number of likely N-dealkylation sites (tertiary alicyclic amines) is 1. The zero-order valence-electron chi connectivity index (χ0n) is 17.4. The Hall–Kier alpha value is -1.63. The number of hydrogen-bond donors (Lipinski definition) is 1. The van der Waals surface area contributed by atoms with E-state index in [0.717, 1.165) is 45.2 Å². The van der Waals surface area contributed by atoms with E-state index in [9.17, 15) is 0 Å². The molecule has 1 aromatic carbocycles. The molecule has 0 bridgehead atoms. The lowest BCUT2D eigenvalue weighted by Crippen LogP contribution is -2.40. The maximum atomic E-state index is 5.70. The van der Waals surface area contributed by atoms with Crippen LogP contribution in [-0.2, 0) is 22.6 Å². The second kappa shape index (κ2) is 12.0. The number of methoxy groups -OCH3 is 1. The molecular formula is C21H36N4O2. The molecule has 0 radical (unpaired) electrons. The van der Waals surface area contributed by atoms with Gasteiger partial charge in [-0.2, -0.15) is 0 Å². The quantitative estimate of drug-likeness (QED) is 0.385. The van der Waals surface area contributed by atoms with Gasteiger partial charge in [0, 0.05) is 39.2 Å². The molecule has 1 aliphatic rings. The summed E-state index contributed by atoms with van der Waals surface area (Å²) in [6.45, 7) is 8.82. The molecule has 0 saturated carbocycles. The van der Waals surface area contributed by atoms with Crippen molar-refractivity contribution in [2.45, 2.75) is 26.4 Å². The maximum absolute atomic E-state index is 5.70. The molecule has 1 saturated heterocycles. The smallest absolute Gasteiger partial charge is 0.194 e. The monoisotopic (exact) mass is 376 g/mol. The SMILES string of the molecule is CCNC(=NCc1cccc(CN(C)C)c1)N1CCC(COCCOC)C1. The topological polar surface area (TPSA) is 49.3 Å². The van der Waals surface area contributed by atoms with Crippen LogP contribution >= 0.6 is 0 Å². The molecule has 0 aliphatic carbocycles. The molecule has 0 amide bonds. The van der Waals surface area contributed by atoms with Gasteiger partial charge in [-0.25, -0.2) is 4.99 Å². The third kappa shape index (κ3) is 7.87. The van der Waals surface area contributed by atoms with Crippen LogP contribution in [0.5, 0.6) is 0 Å². The van der Waals surface area contributed by atoms with Gasteiger partial charge in [0.05, 0.1) is 26.4 Å². The van der Waals surface area contributed by atoms with Crippen molar-refractivity contribution < 1.29 is 9.47 Å². The third-order valence-electron chi connectivity index (χ3n) is 4.61. The Morgan fingerprint density at radius 3 is 2.85 bits per heavy atom. The first-order chi connectivity index (χ1) is 13.1. The summed E-state index contributed by atoms with van der Waals surface area (Å²) in [5, 5.41) is 3.45. The fraction of sp³-hybridized carbons (Fsp3) is 0.667. The van der Waals surface area contributed by atoms with Crippen molar-refractivity contribution in [1.82, 2.24) is 15.1 Å². The Morgan fingerprint density at radius 2 is 2.11 bits per heavy atom. The largest absolute Gasteiger partial charge is 0.382 e. The lowest BCUT2D eigenvalue weighted by molar-refractivity contribution is 0.0536. The average molecular weight is 377 g/mol. The molecule has 2 rings (SSSR count). The van der Waals surface area contributed by atoms with Gasteiger partial charge in [-0.1, -0.05) is 24.3 Å². The summed E-state index contributed by atoms with van der Waals surface area (Å²) in [5.74, 6) is 1.57. The molecule has 0 spiro atoms. The van der Waals surface area contributed by atoms with Crippen LogP contribution in [0.2, 0.25) is 0 Å². The molecule has 27 heavy (non-hydrogen) atoms. The van der Waals surface area contributed by atoms with Crippen LogP contribution in [0, 0.1) is 5.92 Å². The second-order valence-corrected chi connectivity index (χ2v) is 7.40. The van der Waals surface area contributed by atoms with E-state index in [0.29, 0.717) is 25.7 Å². The summed E-state index contributed by atoms with van der Waals surface area (Å²) in [5.41, 5.74) is 2.58. The lowest BCUT2D eigenvalue weighted by Gasteiger charge is -2.22. The third-order valence-corrected chi connectivity index (χ3v) is 4.61. The molecule has 0 aromatic heterocycles. The number of ether oxygens (including phenoxy) is 2. The standard InChI is InChI=1S/C21H36N4O2/c1-5-22-21(25-10-9-20(16-25)17-27-12-11-26-4)23-14-18-7-6-8-19(13-18)15-24(2)3/h6-8,13,20H,5,9-12,14-17H2,1-4H3,(H,22,23). The summed E-state index contributed by atoms with van der Waals surface area (Å²) in [6, 6.07) is 8.71. The van der Waals surface area contributed by atoms with Crippen LogP contribution in [-0.4, -0.2) is 76.4 Å². The minimum absolute atomic E-state index is 0.564. The maximum Gasteiger partial charge on any atom is 0.194 e. The Labute approximate surface area is 164 Å². The van der Waals surface area contributed by atoms with Crippen LogP contribution < -0.4 is 5.32 Å². The molecule has 1 heterocycles. The van der Waals surface area contributed by atoms with E-state index in [4.69, 9.17) is 14.5 Å². The van der Waals surface area contributed by atoms with Gasteiger partial charge in [-0.05, 0) is 38.6 Å². The highest BCUT2D eigenvalue weighted by molar-refractivity contribution is 5.80. The predicted octanol–water partition coefficient (Wildman–Crippen LogP) is 2.20. The van der Waals surface area contributed by atoms with Crippen LogP contribution in [0.15, 0.2) is 29.3 Å². The summed E-state index contributed by atoms with van der Waals surface area (Å²) in [7, 11) is 5.89. The van der Waals surface area contributed by atoms with E-state index in [1.54, 1.807) is 7.11 Å². The first kappa shape index (κ1) is 21.7. The number of benzene rings is 1. The average Bonchev–Trinajstić information content (AvgIpc) is 3.11. The summed E-state index contributed by atoms with van der Waals surface area (Å²) >= 11 is 0. The van der Waals surface area contributed by atoms with Gasteiger partial charge in [-0.3, -0.25) is 0 Å². The first-order valence-electron chi connectivity index (χ1n) is 9.94. The molecule has 1 aromatic rings. The zero-order chi connectivity index (χ0) is 19.5. The van der Waals surface area contributed by atoms with E-state index in [-0.39, 0.29) is 0 Å². The van der Waals surface area contributed by atoms with Crippen LogP contribution in [0.4, 0.5) is 0 Å². The van der Waals surface area contributed by atoms with Gasteiger partial charge in [0.15, 0.2) is 5.96 Å². The number of nitrogens with one attached hydrogen (secondary N) is 1. The molecule has 1 aliphatic heterocycles.